The maximum atomic E-state index is 13.2. The van der Waals surface area contributed by atoms with Crippen LogP contribution in [0.3, 0.4) is 0 Å². The number of para-hydroxylation sites is 3. The van der Waals surface area contributed by atoms with E-state index < -0.39 is 0 Å². The number of imidazole rings is 1. The molecule has 29 heavy (non-hydrogen) atoms. The van der Waals surface area contributed by atoms with Crippen LogP contribution in [0.4, 0.5) is 0 Å². The van der Waals surface area contributed by atoms with E-state index in [1.54, 1.807) is 0 Å². The number of aromatic amines is 2. The summed E-state index contributed by atoms with van der Waals surface area (Å²) < 4.78 is 1.86. The van der Waals surface area contributed by atoms with Gasteiger partial charge in [0.1, 0.15) is 5.69 Å². The summed E-state index contributed by atoms with van der Waals surface area (Å²) in [5.74, 6) is 0.0581. The van der Waals surface area contributed by atoms with Crippen molar-refractivity contribution in [2.24, 2.45) is 0 Å². The molecule has 148 valence electrons. The van der Waals surface area contributed by atoms with Gasteiger partial charge >= 0.3 is 5.69 Å². The van der Waals surface area contributed by atoms with Crippen molar-refractivity contribution in [3.8, 4) is 0 Å². The van der Waals surface area contributed by atoms with Crippen molar-refractivity contribution in [2.75, 3.05) is 13.1 Å². The first-order valence-electron chi connectivity index (χ1n) is 10.3. The summed E-state index contributed by atoms with van der Waals surface area (Å²) in [6.07, 6.45) is 2.36. The molecule has 2 aromatic carbocycles. The monoisotopic (exact) mass is 388 g/mol. The quantitative estimate of drug-likeness (QED) is 0.559. The number of H-pyrrole nitrogens is 2. The first-order chi connectivity index (χ1) is 14.2. The molecule has 0 radical (unpaired) electrons. The number of likely N-dealkylation sites (tertiary alicyclic amines) is 1. The van der Waals surface area contributed by atoms with Gasteiger partial charge in [0.15, 0.2) is 0 Å². The molecule has 6 heteroatoms. The van der Waals surface area contributed by atoms with Crippen molar-refractivity contribution in [2.45, 2.75) is 32.2 Å². The summed E-state index contributed by atoms with van der Waals surface area (Å²) in [5.41, 5.74) is 4.53. The smallest absolute Gasteiger partial charge is 0.326 e. The lowest BCUT2D eigenvalue weighted by molar-refractivity contribution is 0.0689. The van der Waals surface area contributed by atoms with E-state index in [1.807, 2.05) is 51.9 Å². The lowest BCUT2D eigenvalue weighted by atomic mass is 10.0. The highest BCUT2D eigenvalue weighted by molar-refractivity contribution is 6.01. The largest absolute Gasteiger partial charge is 0.350 e. The second kappa shape index (κ2) is 6.95. The fourth-order valence-corrected chi connectivity index (χ4v) is 4.67. The Hall–Kier alpha value is -3.28. The van der Waals surface area contributed by atoms with Gasteiger partial charge in [0, 0.05) is 30.0 Å². The third-order valence-corrected chi connectivity index (χ3v) is 6.12. The van der Waals surface area contributed by atoms with Crippen molar-refractivity contribution >= 4 is 27.8 Å². The number of benzene rings is 2. The Bertz CT molecular complexity index is 1250. The molecular weight excluding hydrogens is 364 g/mol. The molecule has 0 bridgehead atoms. The Morgan fingerprint density at radius 1 is 1.00 bits per heavy atom. The van der Waals surface area contributed by atoms with Crippen LogP contribution in [0, 0.1) is 0 Å². The molecule has 1 amide bonds. The molecule has 2 aromatic heterocycles. The number of nitrogens with zero attached hydrogens (tertiary/aromatic N) is 2. The molecule has 1 aliphatic heterocycles. The fraction of sp³-hybridized carbons (Fsp3) is 0.304. The standard InChI is InChI=1S/C23H24N4O2/c1-2-16-17-7-3-4-8-18(17)24-21(16)22(28)26-13-11-15(12-14-26)27-20-10-6-5-9-19(20)25-23(27)29/h3-10,15,24H,2,11-14H2,1H3,(H,25,29). The number of fused-ring (bicyclic) bond motifs is 2. The van der Waals surface area contributed by atoms with Crippen LogP contribution >= 0.6 is 0 Å². The van der Waals surface area contributed by atoms with Gasteiger partial charge in [-0.15, -0.1) is 0 Å². The molecule has 0 spiro atoms. The SMILES string of the molecule is CCc1c(C(=O)N2CCC(n3c(=O)[nH]c4ccccc43)CC2)[nH]c2ccccc12. The van der Waals surface area contributed by atoms with E-state index in [9.17, 15) is 9.59 Å². The minimum atomic E-state index is -0.0696. The molecule has 2 N–H and O–H groups in total. The molecule has 5 rings (SSSR count). The van der Waals surface area contributed by atoms with E-state index in [2.05, 4.69) is 23.0 Å². The van der Waals surface area contributed by atoms with Crippen molar-refractivity contribution in [1.82, 2.24) is 19.4 Å². The number of hydrogen-bond acceptors (Lipinski definition) is 2. The molecule has 0 aliphatic carbocycles. The average Bonchev–Trinajstić information content (AvgIpc) is 3.30. The number of hydrogen-bond donors (Lipinski definition) is 2. The topological polar surface area (TPSA) is 73.9 Å². The molecule has 1 saturated heterocycles. The predicted molar refractivity (Wildman–Crippen MR) is 114 cm³/mol. The van der Waals surface area contributed by atoms with Gasteiger partial charge in [-0.3, -0.25) is 9.36 Å². The summed E-state index contributed by atoms with van der Waals surface area (Å²) in [4.78, 5) is 33.9. The first kappa shape index (κ1) is 17.8. The molecule has 1 aliphatic rings. The van der Waals surface area contributed by atoms with E-state index in [1.165, 1.54) is 0 Å². The van der Waals surface area contributed by atoms with Crippen molar-refractivity contribution in [1.29, 1.82) is 0 Å². The molecule has 4 aromatic rings. The Balaban J connectivity index is 1.39. The maximum absolute atomic E-state index is 13.2. The Morgan fingerprint density at radius 2 is 1.69 bits per heavy atom. The summed E-state index contributed by atoms with van der Waals surface area (Å²) in [7, 11) is 0. The summed E-state index contributed by atoms with van der Waals surface area (Å²) in [5, 5.41) is 1.12. The summed E-state index contributed by atoms with van der Waals surface area (Å²) in [6.45, 7) is 3.38. The summed E-state index contributed by atoms with van der Waals surface area (Å²) in [6, 6.07) is 16.0. The van der Waals surface area contributed by atoms with Crippen molar-refractivity contribution in [3.05, 3.63) is 70.3 Å². The second-order valence-electron chi connectivity index (χ2n) is 7.72. The van der Waals surface area contributed by atoms with E-state index in [-0.39, 0.29) is 17.6 Å². The fourth-order valence-electron chi connectivity index (χ4n) is 4.67. The normalized spacial score (nSPS) is 15.4. The van der Waals surface area contributed by atoms with Crippen LogP contribution in [0.1, 0.15) is 41.9 Å². The minimum Gasteiger partial charge on any atom is -0.350 e. The maximum Gasteiger partial charge on any atom is 0.326 e. The highest BCUT2D eigenvalue weighted by atomic mass is 16.2. The molecule has 1 fully saturated rings. The molecule has 6 nitrogen and oxygen atoms in total. The number of amides is 1. The highest BCUT2D eigenvalue weighted by Crippen LogP contribution is 2.28. The van der Waals surface area contributed by atoms with E-state index in [0.717, 1.165) is 46.8 Å². The minimum absolute atomic E-state index is 0.0581. The van der Waals surface area contributed by atoms with Crippen LogP contribution in [0.15, 0.2) is 53.3 Å². The van der Waals surface area contributed by atoms with Crippen molar-refractivity contribution in [3.63, 3.8) is 0 Å². The van der Waals surface area contributed by atoms with Gasteiger partial charge in [-0.1, -0.05) is 37.3 Å². The Morgan fingerprint density at radius 3 is 2.45 bits per heavy atom. The lowest BCUT2D eigenvalue weighted by Gasteiger charge is -2.32. The number of piperidine rings is 1. The predicted octanol–water partition coefficient (Wildman–Crippen LogP) is 3.85. The zero-order valence-corrected chi connectivity index (χ0v) is 16.4. The third kappa shape index (κ3) is 2.87. The van der Waals surface area contributed by atoms with Crippen LogP contribution in [0.5, 0.6) is 0 Å². The van der Waals surface area contributed by atoms with Gasteiger partial charge in [-0.25, -0.2) is 4.79 Å². The van der Waals surface area contributed by atoms with Crippen molar-refractivity contribution < 1.29 is 4.79 Å². The van der Waals surface area contributed by atoms with Crippen LogP contribution in [-0.4, -0.2) is 38.4 Å². The van der Waals surface area contributed by atoms with Gasteiger partial charge in [0.25, 0.3) is 5.91 Å². The van der Waals surface area contributed by atoms with Crippen LogP contribution in [0.2, 0.25) is 0 Å². The molecule has 0 unspecified atom stereocenters. The van der Waals surface area contributed by atoms with E-state index in [0.29, 0.717) is 18.8 Å². The number of aryl methyl sites for hydroxylation is 1. The Labute approximate surface area is 168 Å². The molecule has 0 saturated carbocycles. The molecular formula is C23H24N4O2. The van der Waals surface area contributed by atoms with Gasteiger partial charge in [-0.2, -0.15) is 0 Å². The van der Waals surface area contributed by atoms with Crippen LogP contribution < -0.4 is 5.69 Å². The molecule has 3 heterocycles. The molecule has 0 atom stereocenters. The number of rotatable bonds is 3. The zero-order valence-electron chi connectivity index (χ0n) is 16.4. The summed E-state index contributed by atoms with van der Waals surface area (Å²) >= 11 is 0. The first-order valence-corrected chi connectivity index (χ1v) is 10.3. The van der Waals surface area contributed by atoms with E-state index in [4.69, 9.17) is 0 Å². The number of aromatic nitrogens is 3. The number of carbonyl (C=O) groups excluding carboxylic acids is 1. The van der Waals surface area contributed by atoms with Crippen LogP contribution in [0.25, 0.3) is 21.9 Å². The third-order valence-electron chi connectivity index (χ3n) is 6.12. The zero-order chi connectivity index (χ0) is 20.0. The highest BCUT2D eigenvalue weighted by Gasteiger charge is 2.28. The Kier molecular flexibility index (Phi) is 4.27. The van der Waals surface area contributed by atoms with Gasteiger partial charge in [-0.05, 0) is 43.0 Å². The van der Waals surface area contributed by atoms with E-state index >= 15 is 0 Å². The second-order valence-corrected chi connectivity index (χ2v) is 7.72. The van der Waals surface area contributed by atoms with Gasteiger partial charge in [0.05, 0.1) is 11.0 Å². The van der Waals surface area contributed by atoms with Gasteiger partial charge in [0.2, 0.25) is 0 Å². The lowest BCUT2D eigenvalue weighted by Crippen LogP contribution is -2.40. The van der Waals surface area contributed by atoms with Crippen LogP contribution in [-0.2, 0) is 6.42 Å². The number of nitrogens with one attached hydrogen (secondary N) is 2. The average molecular weight is 388 g/mol. The van der Waals surface area contributed by atoms with Gasteiger partial charge < -0.3 is 14.9 Å². The number of carbonyl (C=O) groups is 1.